The van der Waals surface area contributed by atoms with Crippen molar-refractivity contribution in [2.24, 2.45) is 11.8 Å². The number of nitrogens with zero attached hydrogens (tertiary/aromatic N) is 3. The SMILES string of the molecule is CCCNc1ncc(F)c(N2CC(C)C(C)C2)n1. The first-order valence-corrected chi connectivity index (χ1v) is 6.63. The van der Waals surface area contributed by atoms with Crippen LogP contribution in [0.2, 0.25) is 0 Å². The number of nitrogens with one attached hydrogen (secondary N) is 1. The number of hydrogen-bond donors (Lipinski definition) is 1. The average molecular weight is 252 g/mol. The fourth-order valence-electron chi connectivity index (χ4n) is 2.20. The van der Waals surface area contributed by atoms with Gasteiger partial charge in [-0.2, -0.15) is 4.98 Å². The summed E-state index contributed by atoms with van der Waals surface area (Å²) < 4.78 is 13.8. The highest BCUT2D eigenvalue weighted by molar-refractivity contribution is 5.45. The molecule has 100 valence electrons. The van der Waals surface area contributed by atoms with Crippen molar-refractivity contribution in [1.29, 1.82) is 0 Å². The number of halogens is 1. The maximum atomic E-state index is 13.8. The van der Waals surface area contributed by atoms with Crippen LogP contribution in [0.15, 0.2) is 6.20 Å². The highest BCUT2D eigenvalue weighted by Gasteiger charge is 2.28. The molecule has 0 saturated carbocycles. The molecule has 0 bridgehead atoms. The summed E-state index contributed by atoms with van der Waals surface area (Å²) >= 11 is 0. The molecule has 1 fully saturated rings. The largest absolute Gasteiger partial charge is 0.354 e. The van der Waals surface area contributed by atoms with Gasteiger partial charge >= 0.3 is 0 Å². The Balaban J connectivity index is 2.16. The zero-order valence-corrected chi connectivity index (χ0v) is 11.3. The molecule has 0 amide bonds. The predicted molar refractivity (Wildman–Crippen MR) is 71.3 cm³/mol. The second kappa shape index (κ2) is 5.50. The Hall–Kier alpha value is -1.39. The second-order valence-electron chi connectivity index (χ2n) is 5.15. The Morgan fingerprint density at radius 2 is 2.06 bits per heavy atom. The maximum absolute atomic E-state index is 13.8. The predicted octanol–water partition coefficient (Wildman–Crippen LogP) is 2.53. The van der Waals surface area contributed by atoms with Crippen LogP contribution in [0.1, 0.15) is 27.2 Å². The van der Waals surface area contributed by atoms with Crippen molar-refractivity contribution < 1.29 is 4.39 Å². The fraction of sp³-hybridized carbons (Fsp3) is 0.692. The van der Waals surface area contributed by atoms with Crippen molar-refractivity contribution in [3.05, 3.63) is 12.0 Å². The summed E-state index contributed by atoms with van der Waals surface area (Å²) in [5, 5.41) is 3.09. The number of hydrogen-bond acceptors (Lipinski definition) is 4. The van der Waals surface area contributed by atoms with E-state index in [-0.39, 0.29) is 5.82 Å². The molecular formula is C13H21FN4. The van der Waals surface area contributed by atoms with E-state index in [1.807, 2.05) is 4.90 Å². The molecule has 0 radical (unpaired) electrons. The highest BCUT2D eigenvalue weighted by atomic mass is 19.1. The van der Waals surface area contributed by atoms with Gasteiger partial charge in [0.15, 0.2) is 11.6 Å². The zero-order valence-electron chi connectivity index (χ0n) is 11.3. The van der Waals surface area contributed by atoms with Gasteiger partial charge in [-0.3, -0.25) is 0 Å². The molecule has 0 aromatic carbocycles. The van der Waals surface area contributed by atoms with E-state index in [0.717, 1.165) is 26.1 Å². The summed E-state index contributed by atoms with van der Waals surface area (Å²) in [6.45, 7) is 8.99. The van der Waals surface area contributed by atoms with Crippen LogP contribution in [0, 0.1) is 17.7 Å². The standard InChI is InChI=1S/C13H21FN4/c1-4-5-15-13-16-6-11(14)12(17-13)18-7-9(2)10(3)8-18/h6,9-10H,4-5,7-8H2,1-3H3,(H,15,16,17). The van der Waals surface area contributed by atoms with Gasteiger partial charge in [-0.25, -0.2) is 9.37 Å². The lowest BCUT2D eigenvalue weighted by Gasteiger charge is -2.18. The smallest absolute Gasteiger partial charge is 0.224 e. The lowest BCUT2D eigenvalue weighted by atomic mass is 10.0. The van der Waals surface area contributed by atoms with Crippen LogP contribution < -0.4 is 10.2 Å². The highest BCUT2D eigenvalue weighted by Crippen LogP contribution is 2.28. The minimum absolute atomic E-state index is 0.335. The molecule has 2 atom stereocenters. The summed E-state index contributed by atoms with van der Waals surface area (Å²) in [6, 6.07) is 0. The summed E-state index contributed by atoms with van der Waals surface area (Å²) in [7, 11) is 0. The molecule has 1 aliphatic heterocycles. The number of anilines is 2. The molecule has 1 aliphatic rings. The monoisotopic (exact) mass is 252 g/mol. The van der Waals surface area contributed by atoms with E-state index in [1.165, 1.54) is 6.20 Å². The van der Waals surface area contributed by atoms with Gasteiger partial charge in [0.25, 0.3) is 0 Å². The molecule has 2 heterocycles. The third kappa shape index (κ3) is 2.71. The van der Waals surface area contributed by atoms with Crippen LogP contribution in [-0.2, 0) is 0 Å². The van der Waals surface area contributed by atoms with E-state index >= 15 is 0 Å². The lowest BCUT2D eigenvalue weighted by molar-refractivity contribution is 0.494. The van der Waals surface area contributed by atoms with Gasteiger partial charge in [-0.05, 0) is 18.3 Å². The quantitative estimate of drug-likeness (QED) is 0.894. The third-order valence-corrected chi connectivity index (χ3v) is 3.55. The Morgan fingerprint density at radius 3 is 2.67 bits per heavy atom. The van der Waals surface area contributed by atoms with Gasteiger partial charge in [0, 0.05) is 19.6 Å². The number of rotatable bonds is 4. The van der Waals surface area contributed by atoms with Gasteiger partial charge in [-0.1, -0.05) is 20.8 Å². The minimum atomic E-state index is -0.335. The first-order valence-electron chi connectivity index (χ1n) is 6.63. The van der Waals surface area contributed by atoms with Crippen LogP contribution in [0.25, 0.3) is 0 Å². The molecule has 2 rings (SSSR count). The van der Waals surface area contributed by atoms with Gasteiger partial charge < -0.3 is 10.2 Å². The van der Waals surface area contributed by atoms with E-state index in [4.69, 9.17) is 0 Å². The Kier molecular flexibility index (Phi) is 3.99. The van der Waals surface area contributed by atoms with Crippen LogP contribution in [0.5, 0.6) is 0 Å². The molecular weight excluding hydrogens is 231 g/mol. The van der Waals surface area contributed by atoms with Gasteiger partial charge in [0.05, 0.1) is 6.20 Å². The average Bonchev–Trinajstić information content (AvgIpc) is 2.68. The maximum Gasteiger partial charge on any atom is 0.224 e. The summed E-state index contributed by atoms with van der Waals surface area (Å²) in [4.78, 5) is 10.3. The Bertz CT molecular complexity index is 400. The van der Waals surface area contributed by atoms with Crippen molar-refractivity contribution in [3.63, 3.8) is 0 Å². The van der Waals surface area contributed by atoms with Crippen molar-refractivity contribution in [2.45, 2.75) is 27.2 Å². The first kappa shape index (κ1) is 13.1. The molecule has 18 heavy (non-hydrogen) atoms. The Morgan fingerprint density at radius 1 is 1.39 bits per heavy atom. The van der Waals surface area contributed by atoms with E-state index in [1.54, 1.807) is 0 Å². The van der Waals surface area contributed by atoms with Crippen LogP contribution in [0.4, 0.5) is 16.2 Å². The number of aromatic nitrogens is 2. The van der Waals surface area contributed by atoms with Crippen LogP contribution in [0.3, 0.4) is 0 Å². The summed E-state index contributed by atoms with van der Waals surface area (Å²) in [5.41, 5.74) is 0. The summed E-state index contributed by atoms with van der Waals surface area (Å²) in [6.07, 6.45) is 2.25. The fourth-order valence-corrected chi connectivity index (χ4v) is 2.20. The van der Waals surface area contributed by atoms with Gasteiger partial charge in [-0.15, -0.1) is 0 Å². The first-order chi connectivity index (χ1) is 8.61. The van der Waals surface area contributed by atoms with Gasteiger partial charge in [0.1, 0.15) is 0 Å². The van der Waals surface area contributed by atoms with Crippen molar-refractivity contribution in [1.82, 2.24) is 9.97 Å². The van der Waals surface area contributed by atoms with Crippen LogP contribution in [-0.4, -0.2) is 29.6 Å². The molecule has 4 nitrogen and oxygen atoms in total. The second-order valence-corrected chi connectivity index (χ2v) is 5.15. The molecule has 2 unspecified atom stereocenters. The molecule has 0 spiro atoms. The molecule has 1 aromatic rings. The van der Waals surface area contributed by atoms with E-state index in [0.29, 0.717) is 23.6 Å². The molecule has 5 heteroatoms. The molecule has 1 aromatic heterocycles. The van der Waals surface area contributed by atoms with Crippen molar-refractivity contribution in [2.75, 3.05) is 29.9 Å². The molecule has 1 N–H and O–H groups in total. The Labute approximate surface area is 108 Å². The van der Waals surface area contributed by atoms with Crippen LogP contribution >= 0.6 is 0 Å². The van der Waals surface area contributed by atoms with E-state index in [2.05, 4.69) is 36.1 Å². The minimum Gasteiger partial charge on any atom is -0.354 e. The zero-order chi connectivity index (χ0) is 13.1. The topological polar surface area (TPSA) is 41.1 Å². The lowest BCUT2D eigenvalue weighted by Crippen LogP contribution is -2.23. The van der Waals surface area contributed by atoms with Crippen molar-refractivity contribution in [3.8, 4) is 0 Å². The van der Waals surface area contributed by atoms with E-state index < -0.39 is 0 Å². The normalized spacial score (nSPS) is 23.4. The third-order valence-electron chi connectivity index (χ3n) is 3.55. The van der Waals surface area contributed by atoms with Gasteiger partial charge in [0.2, 0.25) is 5.95 Å². The van der Waals surface area contributed by atoms with E-state index in [9.17, 15) is 4.39 Å². The molecule has 0 aliphatic carbocycles. The molecule has 1 saturated heterocycles. The summed E-state index contributed by atoms with van der Waals surface area (Å²) in [5.74, 6) is 1.76. The van der Waals surface area contributed by atoms with Crippen molar-refractivity contribution >= 4 is 11.8 Å².